The molecular weight excluding hydrogens is 181 g/mol. The molecule has 0 spiro atoms. The molecule has 74 valence electrons. The van der Waals surface area contributed by atoms with Gasteiger partial charge in [0.05, 0.1) is 18.3 Å². The zero-order valence-corrected chi connectivity index (χ0v) is 8.25. The molecule has 2 nitrogen and oxygen atoms in total. The van der Waals surface area contributed by atoms with Crippen LogP contribution >= 0.6 is 0 Å². The monoisotopic (exact) mass is 193 g/mol. The summed E-state index contributed by atoms with van der Waals surface area (Å²) in [6.07, 6.45) is 0.130. The Hall–Kier alpha value is -1.40. The summed E-state index contributed by atoms with van der Waals surface area (Å²) in [6, 6.07) is 6.22. The number of benzene rings is 1. The number of halogens is 1. The van der Waals surface area contributed by atoms with E-state index < -0.39 is 5.82 Å². The summed E-state index contributed by atoms with van der Waals surface area (Å²) in [7, 11) is 0. The standard InChI is InChI=1S/C11H12FNO/c1-8(2)14-7-9-3-4-11(12)10(5-9)6-13/h3-5,8H,7H2,1-2H3. The van der Waals surface area contributed by atoms with Gasteiger partial charge in [-0.1, -0.05) is 6.07 Å². The first kappa shape index (κ1) is 10.7. The van der Waals surface area contributed by atoms with E-state index in [-0.39, 0.29) is 11.7 Å². The highest BCUT2D eigenvalue weighted by atomic mass is 19.1. The number of ether oxygens (including phenoxy) is 1. The van der Waals surface area contributed by atoms with Gasteiger partial charge >= 0.3 is 0 Å². The number of nitrogens with zero attached hydrogens (tertiary/aromatic N) is 1. The van der Waals surface area contributed by atoms with Crippen LogP contribution in [0.4, 0.5) is 4.39 Å². The topological polar surface area (TPSA) is 33.0 Å². The molecule has 0 saturated heterocycles. The fourth-order valence-electron chi connectivity index (χ4n) is 1.01. The summed E-state index contributed by atoms with van der Waals surface area (Å²) >= 11 is 0. The fourth-order valence-corrected chi connectivity index (χ4v) is 1.01. The maximum Gasteiger partial charge on any atom is 0.140 e. The van der Waals surface area contributed by atoms with E-state index in [2.05, 4.69) is 0 Å². The van der Waals surface area contributed by atoms with Crippen molar-refractivity contribution >= 4 is 0 Å². The van der Waals surface area contributed by atoms with Gasteiger partial charge in [0, 0.05) is 0 Å². The smallest absolute Gasteiger partial charge is 0.140 e. The Morgan fingerprint density at radius 3 is 2.79 bits per heavy atom. The summed E-state index contributed by atoms with van der Waals surface area (Å²) in [4.78, 5) is 0. The van der Waals surface area contributed by atoms with Crippen molar-refractivity contribution in [1.82, 2.24) is 0 Å². The van der Waals surface area contributed by atoms with Gasteiger partial charge in [-0.05, 0) is 31.5 Å². The molecule has 0 N–H and O–H groups in total. The highest BCUT2D eigenvalue weighted by Crippen LogP contribution is 2.11. The Labute approximate surface area is 82.9 Å². The van der Waals surface area contributed by atoms with Crippen LogP contribution in [0.1, 0.15) is 25.0 Å². The Bertz CT molecular complexity index is 355. The molecule has 0 amide bonds. The highest BCUT2D eigenvalue weighted by molar-refractivity contribution is 5.34. The number of nitriles is 1. The van der Waals surface area contributed by atoms with Gasteiger partial charge in [-0.15, -0.1) is 0 Å². The molecule has 0 atom stereocenters. The van der Waals surface area contributed by atoms with Gasteiger partial charge in [0.2, 0.25) is 0 Å². The van der Waals surface area contributed by atoms with Gasteiger partial charge in [-0.25, -0.2) is 4.39 Å². The molecule has 0 radical (unpaired) electrons. The van der Waals surface area contributed by atoms with Crippen LogP contribution in [0.15, 0.2) is 18.2 Å². The van der Waals surface area contributed by atoms with E-state index in [1.165, 1.54) is 12.1 Å². The molecule has 0 saturated carbocycles. The van der Waals surface area contributed by atoms with E-state index in [9.17, 15) is 4.39 Å². The molecule has 1 aromatic carbocycles. The first-order valence-corrected chi connectivity index (χ1v) is 4.43. The second kappa shape index (κ2) is 4.73. The van der Waals surface area contributed by atoms with E-state index in [1.807, 2.05) is 13.8 Å². The van der Waals surface area contributed by atoms with Crippen LogP contribution in [0, 0.1) is 17.1 Å². The maximum absolute atomic E-state index is 12.9. The lowest BCUT2D eigenvalue weighted by molar-refractivity contribution is 0.0656. The molecule has 0 fully saturated rings. The molecule has 14 heavy (non-hydrogen) atoms. The predicted molar refractivity (Wildman–Crippen MR) is 51.0 cm³/mol. The largest absolute Gasteiger partial charge is 0.374 e. The van der Waals surface area contributed by atoms with Crippen molar-refractivity contribution in [2.45, 2.75) is 26.6 Å². The Kier molecular flexibility index (Phi) is 3.61. The van der Waals surface area contributed by atoms with Crippen molar-refractivity contribution < 1.29 is 9.13 Å². The van der Waals surface area contributed by atoms with E-state index in [0.29, 0.717) is 6.61 Å². The minimum Gasteiger partial charge on any atom is -0.374 e. The van der Waals surface area contributed by atoms with Crippen molar-refractivity contribution in [1.29, 1.82) is 5.26 Å². The minimum atomic E-state index is -0.485. The van der Waals surface area contributed by atoms with Crippen LogP contribution < -0.4 is 0 Å². The number of hydrogen-bond donors (Lipinski definition) is 0. The van der Waals surface area contributed by atoms with Gasteiger partial charge in [-0.3, -0.25) is 0 Å². The van der Waals surface area contributed by atoms with Crippen molar-refractivity contribution in [2.24, 2.45) is 0 Å². The molecule has 0 aliphatic carbocycles. The van der Waals surface area contributed by atoms with Crippen LogP contribution in [0.3, 0.4) is 0 Å². The second-order valence-electron chi connectivity index (χ2n) is 3.29. The van der Waals surface area contributed by atoms with E-state index >= 15 is 0 Å². The van der Waals surface area contributed by atoms with Crippen LogP contribution in [0.25, 0.3) is 0 Å². The summed E-state index contributed by atoms with van der Waals surface area (Å²) in [5.74, 6) is -0.485. The molecule has 3 heteroatoms. The van der Waals surface area contributed by atoms with Gasteiger partial charge in [0.15, 0.2) is 0 Å². The predicted octanol–water partition coefficient (Wildman–Crippen LogP) is 2.62. The molecule has 0 aliphatic heterocycles. The van der Waals surface area contributed by atoms with E-state index in [0.717, 1.165) is 5.56 Å². The third-order valence-electron chi connectivity index (χ3n) is 1.73. The average Bonchev–Trinajstić information content (AvgIpc) is 2.16. The van der Waals surface area contributed by atoms with Crippen LogP contribution in [-0.2, 0) is 11.3 Å². The van der Waals surface area contributed by atoms with Gasteiger partial charge < -0.3 is 4.74 Å². The van der Waals surface area contributed by atoms with Gasteiger partial charge in [0.1, 0.15) is 11.9 Å². The van der Waals surface area contributed by atoms with Gasteiger partial charge in [0.25, 0.3) is 0 Å². The highest BCUT2D eigenvalue weighted by Gasteiger charge is 2.03. The van der Waals surface area contributed by atoms with Crippen molar-refractivity contribution in [2.75, 3.05) is 0 Å². The Morgan fingerprint density at radius 1 is 1.50 bits per heavy atom. The van der Waals surface area contributed by atoms with Crippen molar-refractivity contribution in [3.63, 3.8) is 0 Å². The zero-order valence-electron chi connectivity index (χ0n) is 8.25. The lowest BCUT2D eigenvalue weighted by atomic mass is 10.1. The zero-order chi connectivity index (χ0) is 10.6. The first-order valence-electron chi connectivity index (χ1n) is 4.43. The Balaban J connectivity index is 2.76. The average molecular weight is 193 g/mol. The number of rotatable bonds is 3. The van der Waals surface area contributed by atoms with Crippen LogP contribution in [0.2, 0.25) is 0 Å². The normalized spacial score (nSPS) is 10.2. The lowest BCUT2D eigenvalue weighted by Crippen LogP contribution is -2.02. The van der Waals surface area contributed by atoms with E-state index in [1.54, 1.807) is 12.1 Å². The van der Waals surface area contributed by atoms with Gasteiger partial charge in [-0.2, -0.15) is 5.26 Å². The molecular formula is C11H12FNO. The second-order valence-corrected chi connectivity index (χ2v) is 3.29. The molecule has 1 aromatic rings. The summed E-state index contributed by atoms with van der Waals surface area (Å²) in [6.45, 7) is 4.26. The molecule has 0 aromatic heterocycles. The summed E-state index contributed by atoms with van der Waals surface area (Å²) in [5, 5.41) is 8.59. The third kappa shape index (κ3) is 2.82. The molecule has 1 rings (SSSR count). The quantitative estimate of drug-likeness (QED) is 0.739. The summed E-state index contributed by atoms with van der Waals surface area (Å²) < 4.78 is 18.2. The van der Waals surface area contributed by atoms with Crippen molar-refractivity contribution in [3.05, 3.63) is 35.1 Å². The van der Waals surface area contributed by atoms with E-state index in [4.69, 9.17) is 10.00 Å². The third-order valence-corrected chi connectivity index (χ3v) is 1.73. The molecule has 0 unspecified atom stereocenters. The molecule has 0 heterocycles. The first-order chi connectivity index (χ1) is 6.63. The van der Waals surface area contributed by atoms with Crippen LogP contribution in [0.5, 0.6) is 0 Å². The lowest BCUT2D eigenvalue weighted by Gasteiger charge is -2.07. The SMILES string of the molecule is CC(C)OCc1ccc(F)c(C#N)c1. The number of hydrogen-bond acceptors (Lipinski definition) is 2. The maximum atomic E-state index is 12.9. The minimum absolute atomic E-state index is 0.0647. The Morgan fingerprint density at radius 2 is 2.21 bits per heavy atom. The summed E-state index contributed by atoms with van der Waals surface area (Å²) in [5.41, 5.74) is 0.881. The fraction of sp³-hybridized carbons (Fsp3) is 0.364. The van der Waals surface area contributed by atoms with Crippen molar-refractivity contribution in [3.8, 4) is 6.07 Å². The molecule has 0 aliphatic rings. The van der Waals surface area contributed by atoms with Crippen LogP contribution in [-0.4, -0.2) is 6.10 Å². The molecule has 0 bridgehead atoms.